The fourth-order valence-electron chi connectivity index (χ4n) is 4.86. The zero-order valence-corrected chi connectivity index (χ0v) is 19.3. The van der Waals surface area contributed by atoms with Crippen LogP contribution < -0.4 is 10.6 Å². The number of rotatable bonds is 7. The van der Waals surface area contributed by atoms with Gasteiger partial charge in [-0.2, -0.15) is 0 Å². The number of carboxylic acid groups (broad SMARTS) is 1. The lowest BCUT2D eigenvalue weighted by molar-refractivity contribution is -0.138. The molecule has 0 spiro atoms. The summed E-state index contributed by atoms with van der Waals surface area (Å²) in [5.74, 6) is -1.57. The van der Waals surface area contributed by atoms with Crippen LogP contribution in [0.25, 0.3) is 11.1 Å². The van der Waals surface area contributed by atoms with Crippen molar-refractivity contribution in [1.82, 2.24) is 5.32 Å². The van der Waals surface area contributed by atoms with E-state index in [0.29, 0.717) is 29.8 Å². The van der Waals surface area contributed by atoms with Crippen LogP contribution in [0.4, 0.5) is 10.5 Å². The molecule has 2 aliphatic carbocycles. The molecule has 0 heterocycles. The number of aliphatic carboxylic acids is 1. The van der Waals surface area contributed by atoms with Gasteiger partial charge < -0.3 is 15.2 Å². The molecule has 35 heavy (non-hydrogen) atoms. The second-order valence-corrected chi connectivity index (χ2v) is 9.08. The Morgan fingerprint density at radius 2 is 1.60 bits per heavy atom. The molecule has 3 aromatic carbocycles. The average Bonchev–Trinajstić information content (AvgIpc) is 3.58. The van der Waals surface area contributed by atoms with Crippen LogP contribution in [0.3, 0.4) is 0 Å². The summed E-state index contributed by atoms with van der Waals surface area (Å²) < 4.78 is 5.61. The molecule has 3 N–H and O–H groups in total. The molecule has 3 aromatic rings. The Morgan fingerprint density at radius 1 is 0.943 bits per heavy atom. The van der Waals surface area contributed by atoms with E-state index in [1.54, 1.807) is 25.1 Å². The van der Waals surface area contributed by atoms with E-state index in [1.165, 1.54) is 0 Å². The highest BCUT2D eigenvalue weighted by atomic mass is 16.5. The first-order valence-electron chi connectivity index (χ1n) is 11.7. The third kappa shape index (κ3) is 4.49. The van der Waals surface area contributed by atoms with Crippen LogP contribution in [0, 0.1) is 18.8 Å². The number of carboxylic acids is 1. The summed E-state index contributed by atoms with van der Waals surface area (Å²) in [4.78, 5) is 36.3. The van der Waals surface area contributed by atoms with Gasteiger partial charge in [-0.15, -0.1) is 0 Å². The third-order valence-corrected chi connectivity index (χ3v) is 6.92. The molecule has 1 fully saturated rings. The highest BCUT2D eigenvalue weighted by Gasteiger charge is 2.43. The minimum absolute atomic E-state index is 0.0288. The van der Waals surface area contributed by atoms with E-state index in [0.717, 1.165) is 22.3 Å². The first-order valence-corrected chi connectivity index (χ1v) is 11.7. The minimum Gasteiger partial charge on any atom is -0.481 e. The largest absolute Gasteiger partial charge is 0.481 e. The van der Waals surface area contributed by atoms with E-state index in [4.69, 9.17) is 9.84 Å². The van der Waals surface area contributed by atoms with Crippen molar-refractivity contribution in [3.63, 3.8) is 0 Å². The maximum atomic E-state index is 12.7. The SMILES string of the molecule is Cc1c(NC(=O)OCC2c3ccccc3-c3ccccc32)cccc1C(=O)NCC1CC1C(=O)O. The van der Waals surface area contributed by atoms with E-state index in [1.807, 2.05) is 24.3 Å². The molecule has 2 amide bonds. The molecule has 178 valence electrons. The molecule has 7 nitrogen and oxygen atoms in total. The molecule has 7 heteroatoms. The lowest BCUT2D eigenvalue weighted by Crippen LogP contribution is -2.27. The molecule has 2 unspecified atom stereocenters. The Balaban J connectivity index is 1.22. The zero-order chi connectivity index (χ0) is 24.5. The van der Waals surface area contributed by atoms with E-state index in [-0.39, 0.29) is 30.3 Å². The van der Waals surface area contributed by atoms with Crippen molar-refractivity contribution in [2.45, 2.75) is 19.3 Å². The molecular formula is C28H26N2O5. The number of nitrogens with one attached hydrogen (secondary N) is 2. The number of benzene rings is 3. The van der Waals surface area contributed by atoms with Gasteiger partial charge in [-0.3, -0.25) is 14.9 Å². The summed E-state index contributed by atoms with van der Waals surface area (Å²) in [6.45, 7) is 2.27. The van der Waals surface area contributed by atoms with E-state index in [2.05, 4.69) is 34.9 Å². The summed E-state index contributed by atoms with van der Waals surface area (Å²) >= 11 is 0. The van der Waals surface area contributed by atoms with Gasteiger partial charge in [0.2, 0.25) is 0 Å². The zero-order valence-electron chi connectivity index (χ0n) is 19.3. The molecule has 0 saturated heterocycles. The summed E-state index contributed by atoms with van der Waals surface area (Å²) in [5.41, 5.74) is 6.12. The number of amides is 2. The van der Waals surface area contributed by atoms with Gasteiger partial charge in [0, 0.05) is 23.7 Å². The standard InChI is InChI=1S/C28H26N2O5/c1-16-18(26(31)29-14-17-13-23(17)27(32)33)11-6-12-25(16)30-28(34)35-15-24-21-9-4-2-7-19(21)20-8-3-5-10-22(20)24/h2-12,17,23-24H,13-15H2,1H3,(H,29,31)(H,30,34)(H,32,33). The lowest BCUT2D eigenvalue weighted by atomic mass is 9.98. The Kier molecular flexibility index (Phi) is 5.99. The fraction of sp³-hybridized carbons (Fsp3) is 0.250. The number of carbonyl (C=O) groups excluding carboxylic acids is 2. The van der Waals surface area contributed by atoms with Crippen LogP contribution in [0.1, 0.15) is 39.4 Å². The number of anilines is 1. The lowest BCUT2D eigenvalue weighted by Gasteiger charge is -2.16. The average molecular weight is 471 g/mol. The number of carbonyl (C=O) groups is 3. The van der Waals surface area contributed by atoms with Gasteiger partial charge in [0.1, 0.15) is 6.61 Å². The molecule has 0 radical (unpaired) electrons. The quantitative estimate of drug-likeness (QED) is 0.460. The van der Waals surface area contributed by atoms with Crippen molar-refractivity contribution in [3.8, 4) is 11.1 Å². The van der Waals surface area contributed by atoms with Crippen LogP contribution in [0.15, 0.2) is 66.7 Å². The van der Waals surface area contributed by atoms with Crippen molar-refractivity contribution in [2.75, 3.05) is 18.5 Å². The van der Waals surface area contributed by atoms with E-state index in [9.17, 15) is 14.4 Å². The maximum Gasteiger partial charge on any atom is 0.411 e. The Labute approximate surface area is 203 Å². The first kappa shape index (κ1) is 22.7. The molecular weight excluding hydrogens is 444 g/mol. The van der Waals surface area contributed by atoms with Crippen LogP contribution >= 0.6 is 0 Å². The van der Waals surface area contributed by atoms with Gasteiger partial charge in [0.05, 0.1) is 5.92 Å². The van der Waals surface area contributed by atoms with Gasteiger partial charge in [0.15, 0.2) is 0 Å². The van der Waals surface area contributed by atoms with Crippen LogP contribution in [0.5, 0.6) is 0 Å². The predicted molar refractivity (Wildman–Crippen MR) is 131 cm³/mol. The molecule has 1 saturated carbocycles. The van der Waals surface area contributed by atoms with Gasteiger partial charge in [0.25, 0.3) is 5.91 Å². The molecule has 2 aliphatic rings. The molecule has 2 atom stereocenters. The monoisotopic (exact) mass is 470 g/mol. The van der Waals surface area contributed by atoms with E-state index >= 15 is 0 Å². The molecule has 0 bridgehead atoms. The summed E-state index contributed by atoms with van der Waals surface area (Å²) in [6.07, 6.45) is -0.00682. The number of ether oxygens (including phenoxy) is 1. The van der Waals surface area contributed by atoms with Crippen molar-refractivity contribution < 1.29 is 24.2 Å². The molecule has 0 aliphatic heterocycles. The summed E-state index contributed by atoms with van der Waals surface area (Å²) in [7, 11) is 0. The Morgan fingerprint density at radius 3 is 2.23 bits per heavy atom. The van der Waals surface area contributed by atoms with Gasteiger partial charge in [-0.1, -0.05) is 54.6 Å². The minimum atomic E-state index is -0.824. The van der Waals surface area contributed by atoms with Crippen LogP contribution in [-0.4, -0.2) is 36.2 Å². The van der Waals surface area contributed by atoms with Crippen molar-refractivity contribution in [3.05, 3.63) is 89.0 Å². The van der Waals surface area contributed by atoms with Crippen LogP contribution in [-0.2, 0) is 9.53 Å². The van der Waals surface area contributed by atoms with E-state index < -0.39 is 12.1 Å². The topological polar surface area (TPSA) is 105 Å². The number of hydrogen-bond acceptors (Lipinski definition) is 4. The van der Waals surface area contributed by atoms with Crippen molar-refractivity contribution >= 4 is 23.7 Å². The Bertz CT molecular complexity index is 1270. The summed E-state index contributed by atoms with van der Waals surface area (Å²) in [5, 5.41) is 14.6. The Hall–Kier alpha value is -4.13. The molecule has 0 aromatic heterocycles. The number of fused-ring (bicyclic) bond motifs is 3. The molecule has 5 rings (SSSR count). The number of hydrogen-bond donors (Lipinski definition) is 3. The summed E-state index contributed by atoms with van der Waals surface area (Å²) in [6, 6.07) is 21.4. The van der Waals surface area contributed by atoms with Gasteiger partial charge in [-0.25, -0.2) is 4.79 Å². The fourth-order valence-corrected chi connectivity index (χ4v) is 4.86. The second kappa shape index (κ2) is 9.25. The van der Waals surface area contributed by atoms with Gasteiger partial charge in [-0.05, 0) is 59.2 Å². The first-order chi connectivity index (χ1) is 16.9. The van der Waals surface area contributed by atoms with Crippen molar-refractivity contribution in [1.29, 1.82) is 0 Å². The van der Waals surface area contributed by atoms with Crippen molar-refractivity contribution in [2.24, 2.45) is 11.8 Å². The highest BCUT2D eigenvalue weighted by molar-refractivity contribution is 5.98. The van der Waals surface area contributed by atoms with Gasteiger partial charge >= 0.3 is 12.1 Å². The second-order valence-electron chi connectivity index (χ2n) is 9.08. The maximum absolute atomic E-state index is 12.7. The highest BCUT2D eigenvalue weighted by Crippen LogP contribution is 2.44. The smallest absolute Gasteiger partial charge is 0.411 e. The predicted octanol–water partition coefficient (Wildman–Crippen LogP) is 4.81. The van der Waals surface area contributed by atoms with Crippen LogP contribution in [0.2, 0.25) is 0 Å². The third-order valence-electron chi connectivity index (χ3n) is 6.92. The normalized spacial score (nSPS) is 17.7.